The van der Waals surface area contributed by atoms with Gasteiger partial charge in [0, 0.05) is 50.2 Å². The predicted octanol–water partition coefficient (Wildman–Crippen LogP) is 18.9. The SMILES string of the molecule is CC(C)(C)c1ccc(-n2c(-c3cc(C(C)(C)C)cc(C(C)(C)C)c3O)nc3c(-c4cc(-c5cc(C6CCCCC6)ccn5)cc5c4oc4c6ccccc6c6ccccc6c54)cccc32)c(-c2ccccc2)c1. The number of phenols is 1. The van der Waals surface area contributed by atoms with Gasteiger partial charge < -0.3 is 9.52 Å². The Kier molecular flexibility index (Phi) is 11.1. The summed E-state index contributed by atoms with van der Waals surface area (Å²) in [5.74, 6) is 1.45. The van der Waals surface area contributed by atoms with Gasteiger partial charge in [0.25, 0.3) is 0 Å². The van der Waals surface area contributed by atoms with Crippen molar-refractivity contribution in [1.82, 2.24) is 14.5 Å². The van der Waals surface area contributed by atoms with Crippen molar-refractivity contribution in [1.29, 1.82) is 0 Å². The van der Waals surface area contributed by atoms with Crippen molar-refractivity contribution < 1.29 is 9.52 Å². The Morgan fingerprint density at radius 1 is 0.521 bits per heavy atom. The van der Waals surface area contributed by atoms with Crippen LogP contribution in [0.5, 0.6) is 5.75 Å². The number of aromatic hydroxyl groups is 1. The van der Waals surface area contributed by atoms with Crippen molar-refractivity contribution in [3.8, 4) is 56.3 Å². The van der Waals surface area contributed by atoms with Crippen LogP contribution in [-0.4, -0.2) is 19.6 Å². The van der Waals surface area contributed by atoms with E-state index in [1.807, 2.05) is 6.20 Å². The monoisotopic (exact) mass is 956 g/mol. The molecule has 12 rings (SSSR count). The molecule has 0 aliphatic heterocycles. The zero-order valence-electron chi connectivity index (χ0n) is 43.8. The Balaban J connectivity index is 1.22. The number of aromatic nitrogens is 3. The number of imidazole rings is 1. The molecule has 3 aromatic heterocycles. The molecule has 0 saturated heterocycles. The Bertz CT molecular complexity index is 3960. The van der Waals surface area contributed by atoms with Gasteiger partial charge in [-0.25, -0.2) is 4.98 Å². The minimum atomic E-state index is -0.352. The molecule has 5 heteroatoms. The summed E-state index contributed by atoms with van der Waals surface area (Å²) < 4.78 is 9.68. The highest BCUT2D eigenvalue weighted by molar-refractivity contribution is 6.31. The number of para-hydroxylation sites is 1. The van der Waals surface area contributed by atoms with Gasteiger partial charge in [-0.05, 0) is 122 Å². The van der Waals surface area contributed by atoms with Gasteiger partial charge in [-0.15, -0.1) is 0 Å². The maximum atomic E-state index is 12.8. The van der Waals surface area contributed by atoms with Gasteiger partial charge in [0.05, 0.1) is 28.0 Å². The molecule has 5 nitrogen and oxygen atoms in total. The van der Waals surface area contributed by atoms with Crippen molar-refractivity contribution in [2.75, 3.05) is 0 Å². The molecule has 0 radical (unpaired) electrons. The molecule has 364 valence electrons. The third kappa shape index (κ3) is 8.00. The number of fused-ring (bicyclic) bond motifs is 9. The lowest BCUT2D eigenvalue weighted by molar-refractivity contribution is 0.443. The second-order valence-corrected chi connectivity index (χ2v) is 23.8. The van der Waals surface area contributed by atoms with Crippen molar-refractivity contribution in [3.63, 3.8) is 0 Å². The largest absolute Gasteiger partial charge is 0.507 e. The molecular weight excluding hydrogens is 891 g/mol. The first-order valence-corrected chi connectivity index (χ1v) is 26.4. The van der Waals surface area contributed by atoms with Crippen LogP contribution in [0.25, 0.3) is 105 Å². The first-order chi connectivity index (χ1) is 35.0. The van der Waals surface area contributed by atoms with Crippen LogP contribution in [0.1, 0.15) is 123 Å². The summed E-state index contributed by atoms with van der Waals surface area (Å²) in [7, 11) is 0. The first kappa shape index (κ1) is 46.6. The quantitative estimate of drug-likeness (QED) is 0.169. The summed E-state index contributed by atoms with van der Waals surface area (Å²) in [6.45, 7) is 20.1. The fraction of sp³-hybridized carbons (Fsp3) is 0.265. The van der Waals surface area contributed by atoms with Gasteiger partial charge in [-0.1, -0.05) is 185 Å². The maximum Gasteiger partial charge on any atom is 0.149 e. The summed E-state index contributed by atoms with van der Waals surface area (Å²) in [5.41, 5.74) is 15.1. The van der Waals surface area contributed by atoms with Crippen LogP contribution in [0.2, 0.25) is 0 Å². The minimum absolute atomic E-state index is 0.0968. The summed E-state index contributed by atoms with van der Waals surface area (Å²) in [6.07, 6.45) is 8.27. The second kappa shape index (κ2) is 17.3. The van der Waals surface area contributed by atoms with Gasteiger partial charge in [0.2, 0.25) is 0 Å². The average Bonchev–Trinajstić information content (AvgIpc) is 3.98. The molecule has 0 bridgehead atoms. The highest BCUT2D eigenvalue weighted by Crippen LogP contribution is 2.49. The van der Waals surface area contributed by atoms with Crippen molar-refractivity contribution >= 4 is 54.5 Å². The van der Waals surface area contributed by atoms with Gasteiger partial charge in [0.1, 0.15) is 22.7 Å². The van der Waals surface area contributed by atoms with Gasteiger partial charge in [-0.3, -0.25) is 9.55 Å². The van der Waals surface area contributed by atoms with E-state index in [2.05, 4.69) is 219 Å². The highest BCUT2D eigenvalue weighted by Gasteiger charge is 2.31. The van der Waals surface area contributed by atoms with E-state index in [9.17, 15) is 5.11 Å². The Morgan fingerprint density at radius 3 is 1.90 bits per heavy atom. The fourth-order valence-corrected chi connectivity index (χ4v) is 11.7. The normalized spacial score (nSPS) is 14.1. The zero-order chi connectivity index (χ0) is 50.6. The molecule has 1 aliphatic carbocycles. The molecule has 1 aliphatic rings. The van der Waals surface area contributed by atoms with Crippen LogP contribution in [0.4, 0.5) is 0 Å². The van der Waals surface area contributed by atoms with Gasteiger partial charge in [-0.2, -0.15) is 0 Å². The fourth-order valence-electron chi connectivity index (χ4n) is 11.7. The minimum Gasteiger partial charge on any atom is -0.507 e. The lowest BCUT2D eigenvalue weighted by atomic mass is 9.79. The van der Waals surface area contributed by atoms with Crippen molar-refractivity contribution in [3.05, 3.63) is 180 Å². The van der Waals surface area contributed by atoms with Crippen LogP contribution < -0.4 is 0 Å². The topological polar surface area (TPSA) is 64.1 Å². The number of nitrogens with zero attached hydrogens (tertiary/aromatic N) is 3. The summed E-state index contributed by atoms with van der Waals surface area (Å²) in [6, 6.07) is 55.0. The third-order valence-corrected chi connectivity index (χ3v) is 15.8. The van der Waals surface area contributed by atoms with Crippen LogP contribution in [0, 0.1) is 0 Å². The highest BCUT2D eigenvalue weighted by atomic mass is 16.3. The van der Waals surface area contributed by atoms with E-state index in [0.717, 1.165) is 99.5 Å². The van der Waals surface area contributed by atoms with Gasteiger partial charge >= 0.3 is 0 Å². The predicted molar refractivity (Wildman–Crippen MR) is 306 cm³/mol. The van der Waals surface area contributed by atoms with Gasteiger partial charge in [0.15, 0.2) is 0 Å². The molecule has 1 N–H and O–H groups in total. The lowest BCUT2D eigenvalue weighted by Crippen LogP contribution is -2.17. The van der Waals surface area contributed by atoms with Crippen molar-refractivity contribution in [2.45, 2.75) is 117 Å². The average molecular weight is 956 g/mol. The van der Waals surface area contributed by atoms with Crippen molar-refractivity contribution in [2.24, 2.45) is 0 Å². The number of pyridine rings is 1. The number of phenolic OH excluding ortho intramolecular Hbond substituents is 1. The maximum absolute atomic E-state index is 12.8. The molecule has 73 heavy (non-hydrogen) atoms. The molecule has 11 aromatic rings. The zero-order valence-corrected chi connectivity index (χ0v) is 43.8. The van der Waals surface area contributed by atoms with Crippen LogP contribution in [0.15, 0.2) is 162 Å². The molecule has 0 atom stereocenters. The molecule has 0 spiro atoms. The number of hydrogen-bond donors (Lipinski definition) is 1. The van der Waals surface area contributed by atoms with E-state index < -0.39 is 0 Å². The van der Waals surface area contributed by atoms with E-state index in [4.69, 9.17) is 14.4 Å². The Morgan fingerprint density at radius 2 is 1.19 bits per heavy atom. The number of benzene rings is 8. The standard InChI is InChI=1S/C68H65N3O2/c1-66(2,3)45-31-32-58(52(38-45)42-23-14-11-15-24-42)71-59-30-20-29-50(61(59)70-65(71)55-39-46(67(4,5)6)40-56(62(55)72)68(7,8)9)53-35-44(57-37-43(33-34-69-57)41-21-12-10-13-22-41)36-54-60-49-27-18-16-25-47(49)48-26-17-19-28-51(48)64(60)73-63(53)54/h11,14-20,23-41,72H,10,12-13,21-22H2,1-9H3. The Hall–Kier alpha value is -7.50. The molecule has 0 unspecified atom stereocenters. The molecular formula is C68H65N3O2. The van der Waals surface area contributed by atoms with Crippen LogP contribution in [0.3, 0.4) is 0 Å². The summed E-state index contributed by atoms with van der Waals surface area (Å²) in [4.78, 5) is 11.0. The number of furan rings is 1. The first-order valence-electron chi connectivity index (χ1n) is 26.4. The lowest BCUT2D eigenvalue weighted by Gasteiger charge is -2.28. The van der Waals surface area contributed by atoms with E-state index in [-0.39, 0.29) is 22.0 Å². The molecule has 1 fully saturated rings. The second-order valence-electron chi connectivity index (χ2n) is 23.8. The number of rotatable bonds is 6. The van der Waals surface area contributed by atoms with E-state index in [1.54, 1.807) is 0 Å². The smallest absolute Gasteiger partial charge is 0.149 e. The number of hydrogen-bond acceptors (Lipinski definition) is 4. The van der Waals surface area contributed by atoms with Crippen LogP contribution >= 0.6 is 0 Å². The molecule has 1 saturated carbocycles. The van der Waals surface area contributed by atoms with E-state index in [1.165, 1.54) is 48.6 Å². The summed E-state index contributed by atoms with van der Waals surface area (Å²) in [5, 5.41) is 19.5. The summed E-state index contributed by atoms with van der Waals surface area (Å²) >= 11 is 0. The van der Waals surface area contributed by atoms with E-state index >= 15 is 0 Å². The molecule has 3 heterocycles. The van der Waals surface area contributed by atoms with Crippen LogP contribution in [-0.2, 0) is 16.2 Å². The molecule has 0 amide bonds. The molecule has 8 aromatic carbocycles. The third-order valence-electron chi connectivity index (χ3n) is 15.8. The van der Waals surface area contributed by atoms with E-state index in [0.29, 0.717) is 17.3 Å². The Labute approximate surface area is 429 Å².